The van der Waals surface area contributed by atoms with Crippen molar-refractivity contribution in [2.45, 2.75) is 25.9 Å². The van der Waals surface area contributed by atoms with Gasteiger partial charge in [0.05, 0.1) is 20.8 Å². The molecule has 0 spiro atoms. The maximum absolute atomic E-state index is 10.6. The Kier molecular flexibility index (Phi) is 5.65. The number of carbonyl (C=O) groups is 1. The molecular weight excluding hydrogens is 232 g/mol. The van der Waals surface area contributed by atoms with E-state index in [1.165, 1.54) is 0 Å². The summed E-state index contributed by atoms with van der Waals surface area (Å²) in [5.41, 5.74) is 1.90. The fraction of sp³-hybridized carbons (Fsp3) is 0.500. The predicted octanol–water partition coefficient (Wildman–Crippen LogP) is 2.54. The van der Waals surface area contributed by atoms with E-state index in [2.05, 4.69) is 0 Å². The quantitative estimate of drug-likeness (QED) is 0.699. The van der Waals surface area contributed by atoms with Crippen LogP contribution in [-0.4, -0.2) is 27.6 Å². The summed E-state index contributed by atoms with van der Waals surface area (Å²) in [6.45, 7) is 2.45. The zero-order chi connectivity index (χ0) is 13.5. The Morgan fingerprint density at radius 3 is 2.33 bits per heavy atom. The number of carbonyl (C=O) groups excluding carboxylic acids is 1. The second kappa shape index (κ2) is 7.01. The van der Waals surface area contributed by atoms with E-state index in [0.29, 0.717) is 24.5 Å². The van der Waals surface area contributed by atoms with Gasteiger partial charge in [-0.3, -0.25) is 0 Å². The first-order chi connectivity index (χ1) is 8.69. The molecule has 0 bridgehead atoms. The molecule has 1 aromatic rings. The summed E-state index contributed by atoms with van der Waals surface area (Å²) >= 11 is 0. The van der Waals surface area contributed by atoms with Crippen molar-refractivity contribution in [3.8, 4) is 11.5 Å². The van der Waals surface area contributed by atoms with E-state index in [0.717, 1.165) is 17.4 Å². The molecule has 100 valence electrons. The SMILES string of the molecule is COCc1ccc(C(C)CC=O)c(OC)c1OC. The van der Waals surface area contributed by atoms with Crippen molar-refractivity contribution in [3.63, 3.8) is 0 Å². The van der Waals surface area contributed by atoms with Gasteiger partial charge in [0.2, 0.25) is 0 Å². The number of hydrogen-bond acceptors (Lipinski definition) is 4. The summed E-state index contributed by atoms with van der Waals surface area (Å²) in [6, 6.07) is 3.91. The van der Waals surface area contributed by atoms with Crippen molar-refractivity contribution in [1.82, 2.24) is 0 Å². The van der Waals surface area contributed by atoms with Gasteiger partial charge in [0, 0.05) is 24.7 Å². The van der Waals surface area contributed by atoms with E-state index in [4.69, 9.17) is 14.2 Å². The van der Waals surface area contributed by atoms with Gasteiger partial charge in [-0.15, -0.1) is 0 Å². The first-order valence-electron chi connectivity index (χ1n) is 5.85. The van der Waals surface area contributed by atoms with Crippen LogP contribution in [0.2, 0.25) is 0 Å². The number of hydrogen-bond donors (Lipinski definition) is 0. The first kappa shape index (κ1) is 14.5. The molecule has 1 rings (SSSR count). The molecule has 0 aliphatic carbocycles. The van der Waals surface area contributed by atoms with E-state index < -0.39 is 0 Å². The van der Waals surface area contributed by atoms with Crippen molar-refractivity contribution in [1.29, 1.82) is 0 Å². The fourth-order valence-electron chi connectivity index (χ4n) is 1.98. The van der Waals surface area contributed by atoms with Gasteiger partial charge in [-0.1, -0.05) is 19.1 Å². The second-order valence-corrected chi connectivity index (χ2v) is 4.12. The molecule has 0 aromatic heterocycles. The summed E-state index contributed by atoms with van der Waals surface area (Å²) in [5, 5.41) is 0. The topological polar surface area (TPSA) is 44.8 Å². The summed E-state index contributed by atoms with van der Waals surface area (Å²) < 4.78 is 15.9. The molecule has 0 heterocycles. The Morgan fingerprint density at radius 2 is 1.83 bits per heavy atom. The maximum Gasteiger partial charge on any atom is 0.166 e. The Labute approximate surface area is 108 Å². The Morgan fingerprint density at radius 1 is 1.17 bits per heavy atom. The van der Waals surface area contributed by atoms with Gasteiger partial charge in [-0.25, -0.2) is 0 Å². The van der Waals surface area contributed by atoms with Crippen LogP contribution in [0.25, 0.3) is 0 Å². The molecule has 0 fully saturated rings. The van der Waals surface area contributed by atoms with Crippen LogP contribution in [0.5, 0.6) is 11.5 Å². The molecule has 0 aliphatic rings. The third kappa shape index (κ3) is 3.01. The van der Waals surface area contributed by atoms with Gasteiger partial charge in [-0.05, 0) is 5.92 Å². The van der Waals surface area contributed by atoms with Crippen molar-refractivity contribution < 1.29 is 19.0 Å². The van der Waals surface area contributed by atoms with E-state index in [1.54, 1.807) is 21.3 Å². The van der Waals surface area contributed by atoms with Crippen molar-refractivity contribution in [2.24, 2.45) is 0 Å². The average molecular weight is 252 g/mol. The number of aldehydes is 1. The van der Waals surface area contributed by atoms with Crippen molar-refractivity contribution in [2.75, 3.05) is 21.3 Å². The second-order valence-electron chi connectivity index (χ2n) is 4.12. The third-order valence-corrected chi connectivity index (χ3v) is 2.91. The van der Waals surface area contributed by atoms with Gasteiger partial charge in [0.25, 0.3) is 0 Å². The standard InChI is InChI=1S/C14H20O4/c1-10(7-8-15)12-6-5-11(9-16-2)13(17-3)14(12)18-4/h5-6,8,10H,7,9H2,1-4H3. The van der Waals surface area contributed by atoms with Crippen LogP contribution in [0.3, 0.4) is 0 Å². The zero-order valence-corrected chi connectivity index (χ0v) is 11.4. The number of benzene rings is 1. The summed E-state index contributed by atoms with van der Waals surface area (Å²) in [4.78, 5) is 10.6. The Hall–Kier alpha value is -1.55. The minimum atomic E-state index is 0.0999. The summed E-state index contributed by atoms with van der Waals surface area (Å²) in [6.07, 6.45) is 1.38. The van der Waals surface area contributed by atoms with Gasteiger partial charge in [-0.2, -0.15) is 0 Å². The van der Waals surface area contributed by atoms with Crippen LogP contribution in [0.4, 0.5) is 0 Å². The van der Waals surface area contributed by atoms with Crippen LogP contribution >= 0.6 is 0 Å². The fourth-order valence-corrected chi connectivity index (χ4v) is 1.98. The molecule has 4 heteroatoms. The lowest BCUT2D eigenvalue weighted by Gasteiger charge is -2.19. The number of rotatable bonds is 7. The lowest BCUT2D eigenvalue weighted by molar-refractivity contribution is -0.108. The van der Waals surface area contributed by atoms with E-state index in [-0.39, 0.29) is 5.92 Å². The molecule has 0 radical (unpaired) electrons. The molecule has 0 saturated heterocycles. The van der Waals surface area contributed by atoms with Crippen LogP contribution in [0, 0.1) is 0 Å². The lowest BCUT2D eigenvalue weighted by Crippen LogP contribution is -2.03. The highest BCUT2D eigenvalue weighted by molar-refractivity contribution is 5.57. The average Bonchev–Trinajstić information content (AvgIpc) is 2.38. The molecule has 1 atom stereocenters. The van der Waals surface area contributed by atoms with Crippen LogP contribution in [0.15, 0.2) is 12.1 Å². The maximum atomic E-state index is 10.6. The molecule has 18 heavy (non-hydrogen) atoms. The Bertz CT molecular complexity index is 401. The molecule has 0 saturated carbocycles. The first-order valence-corrected chi connectivity index (χ1v) is 5.85. The smallest absolute Gasteiger partial charge is 0.166 e. The molecule has 4 nitrogen and oxygen atoms in total. The highest BCUT2D eigenvalue weighted by Crippen LogP contribution is 2.39. The van der Waals surface area contributed by atoms with Crippen LogP contribution in [0.1, 0.15) is 30.4 Å². The van der Waals surface area contributed by atoms with E-state index >= 15 is 0 Å². The largest absolute Gasteiger partial charge is 0.493 e. The normalized spacial score (nSPS) is 12.0. The Balaban J connectivity index is 3.24. The molecule has 0 amide bonds. The van der Waals surface area contributed by atoms with Crippen molar-refractivity contribution >= 4 is 6.29 Å². The van der Waals surface area contributed by atoms with Gasteiger partial charge in [0.15, 0.2) is 11.5 Å². The van der Waals surface area contributed by atoms with Gasteiger partial charge in [0.1, 0.15) is 6.29 Å². The molecule has 1 unspecified atom stereocenters. The molecular formula is C14H20O4. The summed E-state index contributed by atoms with van der Waals surface area (Å²) in [7, 11) is 4.84. The van der Waals surface area contributed by atoms with Crippen LogP contribution in [-0.2, 0) is 16.1 Å². The molecule has 0 N–H and O–H groups in total. The van der Waals surface area contributed by atoms with E-state index in [9.17, 15) is 4.79 Å². The highest BCUT2D eigenvalue weighted by Gasteiger charge is 2.18. The van der Waals surface area contributed by atoms with Gasteiger partial charge >= 0.3 is 0 Å². The zero-order valence-electron chi connectivity index (χ0n) is 11.4. The minimum Gasteiger partial charge on any atom is -0.493 e. The highest BCUT2D eigenvalue weighted by atomic mass is 16.5. The van der Waals surface area contributed by atoms with Crippen LogP contribution < -0.4 is 9.47 Å². The van der Waals surface area contributed by atoms with E-state index in [1.807, 2.05) is 19.1 Å². The minimum absolute atomic E-state index is 0.0999. The monoisotopic (exact) mass is 252 g/mol. The third-order valence-electron chi connectivity index (χ3n) is 2.91. The molecule has 1 aromatic carbocycles. The predicted molar refractivity (Wildman–Crippen MR) is 69.4 cm³/mol. The summed E-state index contributed by atoms with van der Waals surface area (Å²) in [5.74, 6) is 1.46. The number of ether oxygens (including phenoxy) is 3. The van der Waals surface area contributed by atoms with Gasteiger partial charge < -0.3 is 19.0 Å². The lowest BCUT2D eigenvalue weighted by atomic mass is 9.95. The number of methoxy groups -OCH3 is 3. The molecule has 0 aliphatic heterocycles. The van der Waals surface area contributed by atoms with Crippen molar-refractivity contribution in [3.05, 3.63) is 23.3 Å².